The summed E-state index contributed by atoms with van der Waals surface area (Å²) >= 11 is 0. The molecule has 1 amide bonds. The molecule has 3 aliphatic rings. The van der Waals surface area contributed by atoms with Crippen LogP contribution < -0.4 is 5.32 Å². The summed E-state index contributed by atoms with van der Waals surface area (Å²) in [4.78, 5) is 13.4. The van der Waals surface area contributed by atoms with Crippen molar-refractivity contribution in [2.24, 2.45) is 0 Å². The van der Waals surface area contributed by atoms with Gasteiger partial charge in [0.15, 0.2) is 18.9 Å². The SMILES string of the molecule is CC/C=C\C/C=C\C/C=C\C/C=C\C/C=C\C/C=C\C/C=C\C/C=C\C/C=C\C/C=C\CCCCCCCCCCC(=O)NC(COC1OC(CO)C(OC2OC(CO)C(OC3OC(CO)C(O)C(O)C3O)C(O)C2O)C(O)C1O)C(O)/C=C/CCCCCCCCCCCCC. The summed E-state index contributed by atoms with van der Waals surface area (Å²) in [6, 6.07) is -0.986. The minimum atomic E-state index is -1.98. The molecule has 0 aromatic rings. The van der Waals surface area contributed by atoms with Gasteiger partial charge in [0, 0.05) is 6.42 Å². The summed E-state index contributed by atoms with van der Waals surface area (Å²) in [6.07, 6.45) is 54.4. The van der Waals surface area contributed by atoms with Crippen molar-refractivity contribution < 1.29 is 89.4 Å². The summed E-state index contributed by atoms with van der Waals surface area (Å²) in [5, 5.41) is 120. The summed E-state index contributed by atoms with van der Waals surface area (Å²) in [6.45, 7) is 1.58. The number of nitrogens with one attached hydrogen (secondary N) is 1. The zero-order valence-corrected chi connectivity index (χ0v) is 58.7. The first-order chi connectivity index (χ1) is 47.3. The van der Waals surface area contributed by atoms with E-state index in [1.807, 2.05) is 6.08 Å². The van der Waals surface area contributed by atoms with Gasteiger partial charge in [0.05, 0.1) is 38.6 Å². The maximum absolute atomic E-state index is 13.4. The highest BCUT2D eigenvalue weighted by Crippen LogP contribution is 2.33. The van der Waals surface area contributed by atoms with Crippen LogP contribution in [0.5, 0.6) is 0 Å². The molecule has 17 atom stereocenters. The van der Waals surface area contributed by atoms with E-state index in [1.54, 1.807) is 6.08 Å². The molecule has 0 saturated carbocycles. The highest BCUT2D eigenvalue weighted by atomic mass is 16.8. The lowest BCUT2D eigenvalue weighted by Crippen LogP contribution is -2.66. The molecule has 0 aromatic heterocycles. The van der Waals surface area contributed by atoms with E-state index in [-0.39, 0.29) is 18.9 Å². The number of ether oxygens (including phenoxy) is 6. The second-order valence-corrected chi connectivity index (χ2v) is 25.7. The third-order valence-electron chi connectivity index (χ3n) is 17.5. The number of hydrogen-bond donors (Lipinski definition) is 12. The van der Waals surface area contributed by atoms with E-state index >= 15 is 0 Å². The third kappa shape index (κ3) is 38.5. The number of hydrogen-bond acceptors (Lipinski definition) is 18. The number of carbonyl (C=O) groups is 1. The van der Waals surface area contributed by atoms with Crippen molar-refractivity contribution in [2.75, 3.05) is 26.4 Å². The van der Waals surface area contributed by atoms with Gasteiger partial charge in [-0.25, -0.2) is 0 Å². The minimum absolute atomic E-state index is 0.225. The average Bonchev–Trinajstić information content (AvgIpc) is 0.809. The Kier molecular flexibility index (Phi) is 51.7. The maximum atomic E-state index is 13.4. The largest absolute Gasteiger partial charge is 0.394 e. The van der Waals surface area contributed by atoms with Crippen LogP contribution in [0.3, 0.4) is 0 Å². The van der Waals surface area contributed by atoms with Gasteiger partial charge in [-0.15, -0.1) is 0 Å². The monoisotopic (exact) mass is 1370 g/mol. The molecule has 12 N–H and O–H groups in total. The van der Waals surface area contributed by atoms with Gasteiger partial charge in [-0.2, -0.15) is 0 Å². The summed E-state index contributed by atoms with van der Waals surface area (Å²) in [5.74, 6) is -0.291. The Morgan fingerprint density at radius 3 is 1.11 bits per heavy atom. The van der Waals surface area contributed by atoms with Crippen molar-refractivity contribution in [2.45, 2.75) is 324 Å². The number of unbranched alkanes of at least 4 members (excludes halogenated alkanes) is 19. The topological polar surface area (TPSA) is 307 Å². The zero-order valence-electron chi connectivity index (χ0n) is 58.7. The van der Waals surface area contributed by atoms with Crippen molar-refractivity contribution in [3.63, 3.8) is 0 Å². The lowest BCUT2D eigenvalue weighted by atomic mass is 9.96. The smallest absolute Gasteiger partial charge is 0.220 e. The minimum Gasteiger partial charge on any atom is -0.394 e. The number of amides is 1. The fourth-order valence-electron chi connectivity index (χ4n) is 11.5. The van der Waals surface area contributed by atoms with E-state index in [0.717, 1.165) is 135 Å². The van der Waals surface area contributed by atoms with Gasteiger partial charge in [0.1, 0.15) is 73.2 Å². The van der Waals surface area contributed by atoms with Crippen LogP contribution in [-0.2, 0) is 33.2 Å². The Morgan fingerprint density at radius 1 is 0.381 bits per heavy atom. The third-order valence-corrected chi connectivity index (χ3v) is 17.5. The number of carbonyl (C=O) groups excluding carboxylic acids is 1. The molecule has 3 rings (SSSR count). The fraction of sp³-hybridized carbons (Fsp3) is 0.705. The molecule has 97 heavy (non-hydrogen) atoms. The van der Waals surface area contributed by atoms with E-state index in [1.165, 1.54) is 57.8 Å². The van der Waals surface area contributed by atoms with Crippen molar-refractivity contribution in [3.05, 3.63) is 134 Å². The van der Waals surface area contributed by atoms with Gasteiger partial charge in [-0.05, 0) is 96.3 Å². The Morgan fingerprint density at radius 2 is 0.711 bits per heavy atom. The molecule has 0 radical (unpaired) electrons. The molecule has 3 fully saturated rings. The predicted octanol–water partition coefficient (Wildman–Crippen LogP) is 10.9. The van der Waals surface area contributed by atoms with Crippen molar-refractivity contribution in [1.29, 1.82) is 0 Å². The number of aliphatic hydroxyl groups is 11. The molecule has 3 saturated heterocycles. The molecule has 3 heterocycles. The van der Waals surface area contributed by atoms with Crippen molar-refractivity contribution in [3.8, 4) is 0 Å². The van der Waals surface area contributed by atoms with E-state index in [2.05, 4.69) is 141 Å². The lowest BCUT2D eigenvalue weighted by molar-refractivity contribution is -0.379. The molecule has 0 aliphatic carbocycles. The number of aliphatic hydroxyl groups excluding tert-OH is 11. The molecule has 3 aliphatic heterocycles. The van der Waals surface area contributed by atoms with Gasteiger partial charge in [0.25, 0.3) is 0 Å². The Bertz CT molecular complexity index is 2280. The van der Waals surface area contributed by atoms with Gasteiger partial charge in [-0.1, -0.05) is 250 Å². The van der Waals surface area contributed by atoms with Crippen molar-refractivity contribution >= 4 is 5.91 Å². The van der Waals surface area contributed by atoms with Crippen LogP contribution in [0.2, 0.25) is 0 Å². The molecule has 17 unspecified atom stereocenters. The Labute approximate surface area is 581 Å². The molecule has 0 spiro atoms. The van der Waals surface area contributed by atoms with E-state index < -0.39 is 124 Å². The molecule has 0 aromatic carbocycles. The van der Waals surface area contributed by atoms with Crippen LogP contribution >= 0.6 is 0 Å². The van der Waals surface area contributed by atoms with Crippen LogP contribution in [-0.4, -0.2) is 193 Å². The maximum Gasteiger partial charge on any atom is 0.220 e. The van der Waals surface area contributed by atoms with E-state index in [9.17, 15) is 61.0 Å². The fourth-order valence-corrected chi connectivity index (χ4v) is 11.5. The second kappa shape index (κ2) is 57.5. The highest BCUT2D eigenvalue weighted by Gasteiger charge is 2.53. The van der Waals surface area contributed by atoms with Crippen molar-refractivity contribution in [1.82, 2.24) is 5.32 Å². The summed E-state index contributed by atoms with van der Waals surface area (Å²) in [7, 11) is 0. The van der Waals surface area contributed by atoms with Gasteiger partial charge >= 0.3 is 0 Å². The van der Waals surface area contributed by atoms with Gasteiger partial charge < -0.3 is 89.9 Å². The van der Waals surface area contributed by atoms with Gasteiger partial charge in [0.2, 0.25) is 5.91 Å². The quantitative estimate of drug-likeness (QED) is 0.0199. The van der Waals surface area contributed by atoms with E-state index in [4.69, 9.17) is 28.4 Å². The normalized spacial score (nSPS) is 27.7. The molecular weight excluding hydrogens is 1240 g/mol. The molecule has 19 heteroatoms. The van der Waals surface area contributed by atoms with Crippen LogP contribution in [0.15, 0.2) is 134 Å². The van der Waals surface area contributed by atoms with Crippen LogP contribution in [0.4, 0.5) is 0 Å². The average molecular weight is 1370 g/mol. The van der Waals surface area contributed by atoms with Gasteiger partial charge in [-0.3, -0.25) is 4.79 Å². The molecular formula is C78H129NO18. The zero-order chi connectivity index (χ0) is 70.4. The van der Waals surface area contributed by atoms with Crippen LogP contribution in [0.1, 0.15) is 219 Å². The van der Waals surface area contributed by atoms with Crippen LogP contribution in [0, 0.1) is 0 Å². The van der Waals surface area contributed by atoms with E-state index in [0.29, 0.717) is 6.42 Å². The molecule has 0 bridgehead atoms. The molecule has 19 nitrogen and oxygen atoms in total. The standard InChI is InChI=1S/C78H129NO18/c1-3-5-7-9-11-13-15-17-18-19-20-21-22-23-24-25-26-27-28-29-30-31-32-33-34-35-36-37-38-39-40-41-42-44-46-48-50-52-54-56-66(84)79-61(62(83)55-53-51-49-47-45-43-16-14-12-10-8-6-4-2)60-92-76-72(90)69(87)74(64(58-81)94-76)97-78-73(91)70(88)75(65(59-82)95-78)96-77-71(89)68(86)67(85)63(57-80)93-77/h5,7,11,13,17-18,20-21,23-24,26-27,29-30,32-33,35-36,38-39,53,55,61-65,67-78,80-83,85-91H,3-4,6,8-10,12,14-16,19,22,25,28,31,34,37,40-52,54,56-60H2,1-2H3,(H,79,84)/b7-5-,13-11-,18-17-,21-20-,24-23-,27-26-,30-29-,33-32-,36-35-,39-38-,55-53+. The lowest BCUT2D eigenvalue weighted by Gasteiger charge is -2.48. The Hall–Kier alpha value is -4.07. The first-order valence-electron chi connectivity index (χ1n) is 36.9. The number of allylic oxidation sites excluding steroid dienone is 21. The van der Waals surface area contributed by atoms with Crippen LogP contribution in [0.25, 0.3) is 0 Å². The predicted molar refractivity (Wildman–Crippen MR) is 383 cm³/mol. The summed E-state index contributed by atoms with van der Waals surface area (Å²) < 4.78 is 34.3. The summed E-state index contributed by atoms with van der Waals surface area (Å²) in [5.41, 5.74) is 0. The number of rotatable bonds is 55. The highest BCUT2D eigenvalue weighted by molar-refractivity contribution is 5.76. The Balaban J connectivity index is 1.34. The molecule has 554 valence electrons. The second-order valence-electron chi connectivity index (χ2n) is 25.7. The first-order valence-corrected chi connectivity index (χ1v) is 36.9. The first kappa shape index (κ1) is 87.1.